The van der Waals surface area contributed by atoms with E-state index in [1.54, 1.807) is 23.0 Å². The molecule has 2 aromatic heterocycles. The van der Waals surface area contributed by atoms with Crippen LogP contribution in [0.5, 0.6) is 5.75 Å². The zero-order valence-electron chi connectivity index (χ0n) is 19.7. The lowest BCUT2D eigenvalue weighted by Gasteiger charge is -2.13. The summed E-state index contributed by atoms with van der Waals surface area (Å²) < 4.78 is 7.57. The highest BCUT2D eigenvalue weighted by molar-refractivity contribution is 6.03. The topological polar surface area (TPSA) is 68.5 Å². The fourth-order valence-electron chi connectivity index (χ4n) is 3.97. The molecule has 2 heterocycles. The van der Waals surface area contributed by atoms with Crippen LogP contribution in [-0.4, -0.2) is 20.5 Å². The molecule has 1 N–H and O–H groups in total. The van der Waals surface area contributed by atoms with E-state index in [1.165, 1.54) is 0 Å². The van der Waals surface area contributed by atoms with E-state index < -0.39 is 0 Å². The van der Waals surface area contributed by atoms with Crippen LogP contribution in [0.3, 0.4) is 0 Å². The van der Waals surface area contributed by atoms with Crippen molar-refractivity contribution in [1.29, 1.82) is 0 Å². The molecule has 0 radical (unpaired) electrons. The minimum atomic E-state index is -0.252. The number of rotatable bonds is 7. The zero-order valence-corrected chi connectivity index (χ0v) is 19.7. The summed E-state index contributed by atoms with van der Waals surface area (Å²) in [6, 6.07) is 27.4. The number of amides is 1. The van der Waals surface area contributed by atoms with Crippen molar-refractivity contribution in [1.82, 2.24) is 14.6 Å². The molecule has 5 rings (SSSR count). The first-order chi connectivity index (χ1) is 17.1. The molecular weight excluding hydrogens is 436 g/mol. The molecule has 1 amide bonds. The molecule has 5 aromatic rings. The van der Waals surface area contributed by atoms with Gasteiger partial charge in [-0.15, -0.1) is 0 Å². The number of carbonyl (C=O) groups is 1. The number of para-hydroxylation sites is 1. The van der Waals surface area contributed by atoms with Gasteiger partial charge in [0, 0.05) is 17.4 Å². The van der Waals surface area contributed by atoms with E-state index in [-0.39, 0.29) is 5.91 Å². The number of aromatic nitrogens is 3. The molecule has 0 atom stereocenters. The van der Waals surface area contributed by atoms with Crippen LogP contribution < -0.4 is 10.1 Å². The highest BCUT2D eigenvalue weighted by Crippen LogP contribution is 2.27. The summed E-state index contributed by atoms with van der Waals surface area (Å²) in [6.07, 6.45) is 3.52. The molecule has 6 nitrogen and oxygen atoms in total. The fourth-order valence-corrected chi connectivity index (χ4v) is 3.97. The summed E-state index contributed by atoms with van der Waals surface area (Å²) in [7, 11) is 0. The largest absolute Gasteiger partial charge is 0.489 e. The van der Waals surface area contributed by atoms with Crippen LogP contribution in [0.15, 0.2) is 97.3 Å². The molecule has 0 aliphatic carbocycles. The maximum absolute atomic E-state index is 13.0. The third-order valence-electron chi connectivity index (χ3n) is 5.85. The molecule has 0 aliphatic rings. The lowest BCUT2D eigenvalue weighted by molar-refractivity contribution is 0.102. The second kappa shape index (κ2) is 9.81. The van der Waals surface area contributed by atoms with Gasteiger partial charge in [-0.2, -0.15) is 5.10 Å². The van der Waals surface area contributed by atoms with Crippen molar-refractivity contribution in [2.75, 3.05) is 5.32 Å². The third-order valence-corrected chi connectivity index (χ3v) is 5.85. The molecule has 35 heavy (non-hydrogen) atoms. The van der Waals surface area contributed by atoms with Gasteiger partial charge in [0.25, 0.3) is 5.91 Å². The summed E-state index contributed by atoms with van der Waals surface area (Å²) in [5, 5.41) is 7.42. The zero-order chi connectivity index (χ0) is 24.2. The second-order valence-corrected chi connectivity index (χ2v) is 8.63. The van der Waals surface area contributed by atoms with Crippen molar-refractivity contribution in [3.63, 3.8) is 0 Å². The van der Waals surface area contributed by atoms with E-state index >= 15 is 0 Å². The molecule has 0 spiro atoms. The Balaban J connectivity index is 1.36. The number of carbonyl (C=O) groups excluding carboxylic acids is 1. The Labute approximate surface area is 204 Å². The van der Waals surface area contributed by atoms with E-state index in [0.717, 1.165) is 33.7 Å². The lowest BCUT2D eigenvalue weighted by Crippen LogP contribution is -2.15. The van der Waals surface area contributed by atoms with Crippen molar-refractivity contribution in [3.05, 3.63) is 114 Å². The fraction of sp³-hybridized carbons (Fsp3) is 0.138. The monoisotopic (exact) mass is 462 g/mol. The minimum absolute atomic E-state index is 0.252. The Morgan fingerprint density at radius 2 is 1.69 bits per heavy atom. The molecule has 0 saturated heterocycles. The molecule has 174 valence electrons. The van der Waals surface area contributed by atoms with Gasteiger partial charge in [-0.1, -0.05) is 74.5 Å². The number of anilines is 1. The Morgan fingerprint density at radius 1 is 0.943 bits per heavy atom. The van der Waals surface area contributed by atoms with Gasteiger partial charge in [0.2, 0.25) is 0 Å². The molecule has 0 saturated carbocycles. The molecule has 0 bridgehead atoms. The average molecular weight is 463 g/mol. The number of ether oxygens (including phenoxy) is 1. The van der Waals surface area contributed by atoms with Gasteiger partial charge in [0.1, 0.15) is 18.1 Å². The normalized spacial score (nSPS) is 11.1. The Kier molecular flexibility index (Phi) is 6.26. The lowest BCUT2D eigenvalue weighted by atomic mass is 10.0. The Bertz CT molecular complexity index is 1460. The molecular formula is C29H26N4O2. The SMILES string of the molecule is CC(C)c1ccccc1NC(=O)c1ccn2ncc(-c3ccc(OCc4ccccc4)cc3)c2n1. The van der Waals surface area contributed by atoms with Gasteiger partial charge < -0.3 is 10.1 Å². The highest BCUT2D eigenvalue weighted by atomic mass is 16.5. The van der Waals surface area contributed by atoms with E-state index in [9.17, 15) is 4.79 Å². The van der Waals surface area contributed by atoms with Gasteiger partial charge in [-0.3, -0.25) is 4.79 Å². The first kappa shape index (κ1) is 22.3. The number of fused-ring (bicyclic) bond motifs is 1. The van der Waals surface area contributed by atoms with Crippen molar-refractivity contribution in [3.8, 4) is 16.9 Å². The average Bonchev–Trinajstić information content (AvgIpc) is 3.32. The quantitative estimate of drug-likeness (QED) is 0.306. The molecule has 3 aromatic carbocycles. The number of nitrogens with zero attached hydrogens (tertiary/aromatic N) is 3. The predicted octanol–water partition coefficient (Wildman–Crippen LogP) is 6.35. The number of hydrogen-bond donors (Lipinski definition) is 1. The van der Waals surface area contributed by atoms with Crippen LogP contribution in [-0.2, 0) is 6.61 Å². The van der Waals surface area contributed by atoms with Gasteiger partial charge in [0.05, 0.1) is 6.20 Å². The standard InChI is InChI=1S/C29H26N4O2/c1-20(2)24-10-6-7-11-26(24)32-29(34)27-16-17-33-28(31-27)25(18-30-33)22-12-14-23(15-13-22)35-19-21-8-4-3-5-9-21/h3-18,20H,19H2,1-2H3,(H,32,34). The maximum atomic E-state index is 13.0. The molecule has 6 heteroatoms. The third kappa shape index (κ3) is 4.92. The predicted molar refractivity (Wildman–Crippen MR) is 138 cm³/mol. The summed E-state index contributed by atoms with van der Waals surface area (Å²) in [5.74, 6) is 0.825. The van der Waals surface area contributed by atoms with Gasteiger partial charge >= 0.3 is 0 Å². The molecule has 0 aliphatic heterocycles. The summed E-state index contributed by atoms with van der Waals surface area (Å²) in [4.78, 5) is 17.7. The smallest absolute Gasteiger partial charge is 0.274 e. The van der Waals surface area contributed by atoms with Gasteiger partial charge in [0.15, 0.2) is 5.65 Å². The van der Waals surface area contributed by atoms with E-state index in [0.29, 0.717) is 23.9 Å². The first-order valence-corrected chi connectivity index (χ1v) is 11.6. The van der Waals surface area contributed by atoms with Crippen LogP contribution in [0.25, 0.3) is 16.8 Å². The van der Waals surface area contributed by atoms with Crippen molar-refractivity contribution in [2.24, 2.45) is 0 Å². The van der Waals surface area contributed by atoms with Crippen molar-refractivity contribution in [2.45, 2.75) is 26.4 Å². The van der Waals surface area contributed by atoms with Gasteiger partial charge in [-0.05, 0) is 46.9 Å². The first-order valence-electron chi connectivity index (χ1n) is 11.6. The summed E-state index contributed by atoms with van der Waals surface area (Å²) in [5.41, 5.74) is 5.74. The number of benzene rings is 3. The molecule has 0 fully saturated rings. The second-order valence-electron chi connectivity index (χ2n) is 8.63. The van der Waals surface area contributed by atoms with Crippen LogP contribution >= 0.6 is 0 Å². The van der Waals surface area contributed by atoms with E-state index in [4.69, 9.17) is 4.74 Å². The Hall–Kier alpha value is -4.45. The van der Waals surface area contributed by atoms with Crippen LogP contribution in [0, 0.1) is 0 Å². The van der Waals surface area contributed by atoms with E-state index in [1.807, 2.05) is 78.9 Å². The van der Waals surface area contributed by atoms with Crippen LogP contribution in [0.1, 0.15) is 41.4 Å². The van der Waals surface area contributed by atoms with Crippen LogP contribution in [0.2, 0.25) is 0 Å². The van der Waals surface area contributed by atoms with Crippen molar-refractivity contribution < 1.29 is 9.53 Å². The van der Waals surface area contributed by atoms with Crippen molar-refractivity contribution >= 4 is 17.2 Å². The van der Waals surface area contributed by atoms with Crippen LogP contribution in [0.4, 0.5) is 5.69 Å². The molecule has 0 unspecified atom stereocenters. The Morgan fingerprint density at radius 3 is 2.46 bits per heavy atom. The maximum Gasteiger partial charge on any atom is 0.274 e. The number of nitrogens with one attached hydrogen (secondary N) is 1. The highest BCUT2D eigenvalue weighted by Gasteiger charge is 2.15. The summed E-state index contributed by atoms with van der Waals surface area (Å²) in [6.45, 7) is 4.72. The summed E-state index contributed by atoms with van der Waals surface area (Å²) >= 11 is 0. The van der Waals surface area contributed by atoms with E-state index in [2.05, 4.69) is 29.2 Å². The van der Waals surface area contributed by atoms with Gasteiger partial charge in [-0.25, -0.2) is 9.50 Å². The minimum Gasteiger partial charge on any atom is -0.489 e. The number of hydrogen-bond acceptors (Lipinski definition) is 4.